The zero-order valence-electron chi connectivity index (χ0n) is 10.9. The fourth-order valence-electron chi connectivity index (χ4n) is 1.98. The van der Waals surface area contributed by atoms with Crippen LogP contribution in [0.1, 0.15) is 38.9 Å². The van der Waals surface area contributed by atoms with Gasteiger partial charge in [-0.3, -0.25) is 4.68 Å². The van der Waals surface area contributed by atoms with E-state index in [4.69, 9.17) is 4.74 Å². The van der Waals surface area contributed by atoms with Gasteiger partial charge in [-0.1, -0.05) is 13.8 Å². The molecule has 1 N–H and O–H groups in total. The van der Waals surface area contributed by atoms with Crippen LogP contribution in [0.25, 0.3) is 0 Å². The van der Waals surface area contributed by atoms with Crippen LogP contribution in [0.15, 0.2) is 6.20 Å². The minimum Gasteiger partial charge on any atom is -0.493 e. The second-order valence-electron chi connectivity index (χ2n) is 4.38. The summed E-state index contributed by atoms with van der Waals surface area (Å²) >= 11 is 0. The molecule has 4 nitrogen and oxygen atoms in total. The molecule has 0 aromatic carbocycles. The van der Waals surface area contributed by atoms with E-state index in [1.807, 2.05) is 11.7 Å². The lowest BCUT2D eigenvalue weighted by molar-refractivity contribution is 0.377. The first-order valence-electron chi connectivity index (χ1n) is 5.90. The van der Waals surface area contributed by atoms with E-state index >= 15 is 0 Å². The molecule has 1 heterocycles. The quantitative estimate of drug-likeness (QED) is 0.807. The summed E-state index contributed by atoms with van der Waals surface area (Å²) in [5, 5.41) is 7.68. The summed E-state index contributed by atoms with van der Waals surface area (Å²) in [7, 11) is 3.68. The Hall–Kier alpha value is -1.03. The molecule has 0 amide bonds. The summed E-state index contributed by atoms with van der Waals surface area (Å²) in [4.78, 5) is 0. The lowest BCUT2D eigenvalue weighted by atomic mass is 10.0. The summed E-state index contributed by atoms with van der Waals surface area (Å²) in [5.41, 5.74) is 1.15. The molecule has 0 radical (unpaired) electrons. The maximum absolute atomic E-state index is 5.37. The Kier molecular flexibility index (Phi) is 4.80. The monoisotopic (exact) mass is 225 g/mol. The fraction of sp³-hybridized carbons (Fsp3) is 0.750. The van der Waals surface area contributed by atoms with Crippen molar-refractivity contribution < 1.29 is 4.74 Å². The van der Waals surface area contributed by atoms with E-state index in [0.717, 1.165) is 24.4 Å². The van der Waals surface area contributed by atoms with Crippen molar-refractivity contribution >= 4 is 0 Å². The van der Waals surface area contributed by atoms with E-state index in [-0.39, 0.29) is 0 Å². The molecule has 4 heteroatoms. The number of aryl methyl sites for hydroxylation is 1. The molecular weight excluding hydrogens is 202 g/mol. The highest BCUT2D eigenvalue weighted by Gasteiger charge is 2.20. The first kappa shape index (κ1) is 13.0. The van der Waals surface area contributed by atoms with Gasteiger partial charge < -0.3 is 10.1 Å². The van der Waals surface area contributed by atoms with Crippen LogP contribution < -0.4 is 10.1 Å². The molecule has 0 saturated carbocycles. The van der Waals surface area contributed by atoms with Gasteiger partial charge in [0.15, 0.2) is 5.75 Å². The molecule has 0 spiro atoms. The molecule has 1 rings (SSSR count). The van der Waals surface area contributed by atoms with Crippen molar-refractivity contribution in [3.63, 3.8) is 0 Å². The van der Waals surface area contributed by atoms with Crippen molar-refractivity contribution in [3.8, 4) is 5.75 Å². The van der Waals surface area contributed by atoms with Gasteiger partial charge in [-0.15, -0.1) is 0 Å². The summed E-state index contributed by atoms with van der Waals surface area (Å²) in [6.45, 7) is 7.42. The smallest absolute Gasteiger partial charge is 0.161 e. The van der Waals surface area contributed by atoms with Gasteiger partial charge in [0, 0.05) is 6.54 Å². The molecule has 1 unspecified atom stereocenters. The molecule has 0 saturated heterocycles. The average molecular weight is 225 g/mol. The fourth-order valence-corrected chi connectivity index (χ4v) is 1.98. The van der Waals surface area contributed by atoms with Crippen molar-refractivity contribution in [2.45, 2.75) is 39.8 Å². The van der Waals surface area contributed by atoms with Crippen LogP contribution in [0.4, 0.5) is 0 Å². The van der Waals surface area contributed by atoms with E-state index < -0.39 is 0 Å². The molecule has 0 fully saturated rings. The van der Waals surface area contributed by atoms with Crippen LogP contribution in [-0.4, -0.2) is 23.9 Å². The lowest BCUT2D eigenvalue weighted by Gasteiger charge is -2.20. The standard InChI is InChI=1S/C12H23N3O/c1-6-15-12(11(16-5)8-14-15)10(13-4)7-9(2)3/h8-10,13H,6-7H2,1-5H3. The Labute approximate surface area is 98.0 Å². The zero-order valence-corrected chi connectivity index (χ0v) is 10.9. The Morgan fingerprint density at radius 3 is 2.62 bits per heavy atom. The molecular formula is C12H23N3O. The predicted octanol–water partition coefficient (Wildman–Crippen LogP) is 2.22. The van der Waals surface area contributed by atoms with Crippen molar-refractivity contribution in [1.29, 1.82) is 0 Å². The number of hydrogen-bond acceptors (Lipinski definition) is 3. The number of nitrogens with zero attached hydrogens (tertiary/aromatic N) is 2. The van der Waals surface area contributed by atoms with E-state index in [1.165, 1.54) is 0 Å². The Morgan fingerprint density at radius 1 is 1.50 bits per heavy atom. The lowest BCUT2D eigenvalue weighted by Crippen LogP contribution is -2.22. The number of hydrogen-bond donors (Lipinski definition) is 1. The minimum atomic E-state index is 0.303. The van der Waals surface area contributed by atoms with Crippen LogP contribution in [0, 0.1) is 5.92 Å². The van der Waals surface area contributed by atoms with Gasteiger partial charge in [0.25, 0.3) is 0 Å². The number of ether oxygens (including phenoxy) is 1. The highest BCUT2D eigenvalue weighted by Crippen LogP contribution is 2.28. The Balaban J connectivity index is 3.00. The second-order valence-corrected chi connectivity index (χ2v) is 4.38. The van der Waals surface area contributed by atoms with Crippen molar-refractivity contribution in [2.24, 2.45) is 5.92 Å². The van der Waals surface area contributed by atoms with E-state index in [9.17, 15) is 0 Å². The van der Waals surface area contributed by atoms with Gasteiger partial charge >= 0.3 is 0 Å². The third-order valence-electron chi connectivity index (χ3n) is 2.75. The molecule has 0 aliphatic heterocycles. The largest absolute Gasteiger partial charge is 0.493 e. The average Bonchev–Trinajstić information content (AvgIpc) is 2.68. The zero-order chi connectivity index (χ0) is 12.1. The highest BCUT2D eigenvalue weighted by molar-refractivity contribution is 5.28. The summed E-state index contributed by atoms with van der Waals surface area (Å²) in [6, 6.07) is 0.303. The van der Waals surface area contributed by atoms with Crippen LogP contribution in [0.2, 0.25) is 0 Å². The Morgan fingerprint density at radius 2 is 2.19 bits per heavy atom. The maximum atomic E-state index is 5.37. The van der Waals surface area contributed by atoms with Gasteiger partial charge in [-0.2, -0.15) is 5.10 Å². The highest BCUT2D eigenvalue weighted by atomic mass is 16.5. The van der Waals surface area contributed by atoms with Gasteiger partial charge in [-0.05, 0) is 26.3 Å². The third kappa shape index (κ3) is 2.76. The van der Waals surface area contributed by atoms with Crippen molar-refractivity contribution in [3.05, 3.63) is 11.9 Å². The molecule has 0 aliphatic rings. The summed E-state index contributed by atoms with van der Waals surface area (Å²) < 4.78 is 7.37. The number of nitrogens with one attached hydrogen (secondary N) is 1. The van der Waals surface area contributed by atoms with Crippen molar-refractivity contribution in [2.75, 3.05) is 14.2 Å². The first-order chi connectivity index (χ1) is 7.63. The molecule has 0 aliphatic carbocycles. The number of methoxy groups -OCH3 is 1. The predicted molar refractivity (Wildman–Crippen MR) is 65.7 cm³/mol. The van der Waals surface area contributed by atoms with E-state index in [2.05, 4.69) is 31.2 Å². The van der Waals surface area contributed by atoms with E-state index in [1.54, 1.807) is 13.3 Å². The molecule has 1 aromatic heterocycles. The van der Waals surface area contributed by atoms with E-state index in [0.29, 0.717) is 12.0 Å². The van der Waals surface area contributed by atoms with Crippen LogP contribution in [-0.2, 0) is 6.54 Å². The molecule has 0 bridgehead atoms. The molecule has 16 heavy (non-hydrogen) atoms. The number of rotatable bonds is 6. The van der Waals surface area contributed by atoms with Gasteiger partial charge in [-0.25, -0.2) is 0 Å². The van der Waals surface area contributed by atoms with Crippen molar-refractivity contribution in [1.82, 2.24) is 15.1 Å². The SMILES string of the molecule is CCn1ncc(OC)c1C(CC(C)C)NC. The number of aromatic nitrogens is 2. The second kappa shape index (κ2) is 5.89. The summed E-state index contributed by atoms with van der Waals surface area (Å²) in [5.74, 6) is 1.52. The van der Waals surface area contributed by atoms with Crippen LogP contribution >= 0.6 is 0 Å². The Bertz CT molecular complexity index is 299. The minimum absolute atomic E-state index is 0.303. The normalized spacial score (nSPS) is 13.1. The topological polar surface area (TPSA) is 39.1 Å². The van der Waals surface area contributed by atoms with Gasteiger partial charge in [0.2, 0.25) is 0 Å². The molecule has 92 valence electrons. The maximum Gasteiger partial charge on any atom is 0.161 e. The van der Waals surface area contributed by atoms with Gasteiger partial charge in [0.1, 0.15) is 0 Å². The van der Waals surface area contributed by atoms with Crippen LogP contribution in [0.3, 0.4) is 0 Å². The van der Waals surface area contributed by atoms with Crippen LogP contribution in [0.5, 0.6) is 5.75 Å². The van der Waals surface area contributed by atoms with Gasteiger partial charge in [0.05, 0.1) is 25.0 Å². The summed E-state index contributed by atoms with van der Waals surface area (Å²) in [6.07, 6.45) is 2.88. The molecule has 1 atom stereocenters. The molecule has 1 aromatic rings. The first-order valence-corrected chi connectivity index (χ1v) is 5.90. The third-order valence-corrected chi connectivity index (χ3v) is 2.75.